The standard InChI is InChI=1S/C8H6Cl2INO3/c9-5-1-4(11)2-6(10)8(5)7(13)3-12(14)15/h1-2,7,13H,3H2. The molecule has 0 amide bonds. The van der Waals surface area contributed by atoms with Gasteiger partial charge in [0.2, 0.25) is 6.54 Å². The lowest BCUT2D eigenvalue weighted by molar-refractivity contribution is -0.491. The van der Waals surface area contributed by atoms with Gasteiger partial charge in [0.1, 0.15) is 6.10 Å². The third-order valence-corrected chi connectivity index (χ3v) is 2.95. The molecule has 0 aliphatic carbocycles. The van der Waals surface area contributed by atoms with Crippen LogP contribution in [0.15, 0.2) is 12.1 Å². The van der Waals surface area contributed by atoms with Gasteiger partial charge in [0.25, 0.3) is 0 Å². The van der Waals surface area contributed by atoms with Crippen LogP contribution in [0.3, 0.4) is 0 Å². The summed E-state index contributed by atoms with van der Waals surface area (Å²) >= 11 is 13.7. The lowest BCUT2D eigenvalue weighted by Crippen LogP contribution is -2.12. The Morgan fingerprint density at radius 2 is 1.93 bits per heavy atom. The fourth-order valence-corrected chi connectivity index (χ4v) is 2.83. The molecule has 0 spiro atoms. The van der Waals surface area contributed by atoms with E-state index in [2.05, 4.69) is 0 Å². The number of halogens is 3. The summed E-state index contributed by atoms with van der Waals surface area (Å²) in [4.78, 5) is 9.61. The van der Waals surface area contributed by atoms with Crippen LogP contribution >= 0.6 is 45.8 Å². The first-order valence-corrected chi connectivity index (χ1v) is 5.69. The van der Waals surface area contributed by atoms with E-state index in [9.17, 15) is 15.2 Å². The molecule has 1 aromatic carbocycles. The molecule has 0 aliphatic rings. The normalized spacial score (nSPS) is 12.5. The van der Waals surface area contributed by atoms with Crippen LogP contribution in [0.25, 0.3) is 0 Å². The molecule has 0 aliphatic heterocycles. The summed E-state index contributed by atoms with van der Waals surface area (Å²) in [6, 6.07) is 3.18. The van der Waals surface area contributed by atoms with Crippen molar-refractivity contribution in [2.75, 3.05) is 6.54 Å². The number of rotatable bonds is 3. The minimum absolute atomic E-state index is 0.204. The van der Waals surface area contributed by atoms with Gasteiger partial charge >= 0.3 is 0 Å². The summed E-state index contributed by atoms with van der Waals surface area (Å²) in [5, 5.41) is 20.2. The zero-order chi connectivity index (χ0) is 11.6. The number of aliphatic hydroxyl groups excluding tert-OH is 1. The predicted molar refractivity (Wildman–Crippen MR) is 66.0 cm³/mol. The van der Waals surface area contributed by atoms with Gasteiger partial charge in [-0.15, -0.1) is 0 Å². The summed E-state index contributed by atoms with van der Waals surface area (Å²) in [6.07, 6.45) is -1.28. The number of nitro groups is 1. The van der Waals surface area contributed by atoms with E-state index < -0.39 is 17.6 Å². The van der Waals surface area contributed by atoms with Crippen molar-refractivity contribution in [2.45, 2.75) is 6.10 Å². The zero-order valence-electron chi connectivity index (χ0n) is 7.28. The summed E-state index contributed by atoms with van der Waals surface area (Å²) < 4.78 is 0.805. The minimum atomic E-state index is -1.28. The fourth-order valence-electron chi connectivity index (χ4n) is 1.10. The van der Waals surface area contributed by atoms with Gasteiger partial charge in [-0.1, -0.05) is 23.2 Å². The van der Waals surface area contributed by atoms with Gasteiger partial charge in [-0.2, -0.15) is 0 Å². The molecule has 1 unspecified atom stereocenters. The number of nitrogens with zero attached hydrogens (tertiary/aromatic N) is 1. The van der Waals surface area contributed by atoms with E-state index in [0.717, 1.165) is 3.57 Å². The molecule has 0 heterocycles. The summed E-state index contributed by atoms with van der Waals surface area (Å²) in [5.74, 6) is 0. The van der Waals surface area contributed by atoms with Crippen LogP contribution in [-0.4, -0.2) is 16.6 Å². The second-order valence-corrected chi connectivity index (χ2v) is 4.87. The van der Waals surface area contributed by atoms with Gasteiger partial charge in [0.05, 0.1) is 0 Å². The molecule has 4 nitrogen and oxygen atoms in total. The lowest BCUT2D eigenvalue weighted by atomic mass is 10.1. The van der Waals surface area contributed by atoms with Gasteiger partial charge in [0.15, 0.2) is 0 Å². The number of hydrogen-bond donors (Lipinski definition) is 1. The molecule has 1 N–H and O–H groups in total. The first-order valence-electron chi connectivity index (χ1n) is 3.86. The lowest BCUT2D eigenvalue weighted by Gasteiger charge is -2.11. The third kappa shape index (κ3) is 3.44. The van der Waals surface area contributed by atoms with Gasteiger partial charge < -0.3 is 5.11 Å². The average Bonchev–Trinajstić information content (AvgIpc) is 1.99. The highest BCUT2D eigenvalue weighted by Gasteiger charge is 2.20. The highest BCUT2D eigenvalue weighted by molar-refractivity contribution is 14.1. The van der Waals surface area contributed by atoms with Gasteiger partial charge in [0, 0.05) is 24.1 Å². The summed E-state index contributed by atoms with van der Waals surface area (Å²) in [5.41, 5.74) is 0.204. The van der Waals surface area contributed by atoms with Crippen molar-refractivity contribution in [2.24, 2.45) is 0 Å². The van der Waals surface area contributed by atoms with Crippen LogP contribution in [0.5, 0.6) is 0 Å². The van der Waals surface area contributed by atoms with Crippen LogP contribution in [0.2, 0.25) is 10.0 Å². The van der Waals surface area contributed by atoms with Crippen molar-refractivity contribution in [1.82, 2.24) is 0 Å². The quantitative estimate of drug-likeness (QED) is 0.511. The van der Waals surface area contributed by atoms with E-state index in [4.69, 9.17) is 23.2 Å². The molecule has 1 rings (SSSR count). The highest BCUT2D eigenvalue weighted by atomic mass is 127. The van der Waals surface area contributed by atoms with Crippen molar-refractivity contribution in [1.29, 1.82) is 0 Å². The van der Waals surface area contributed by atoms with E-state index in [0.29, 0.717) is 0 Å². The van der Waals surface area contributed by atoms with Crippen LogP contribution < -0.4 is 0 Å². The minimum Gasteiger partial charge on any atom is -0.381 e. The van der Waals surface area contributed by atoms with Gasteiger partial charge in [-0.3, -0.25) is 10.1 Å². The van der Waals surface area contributed by atoms with Crippen molar-refractivity contribution < 1.29 is 10.0 Å². The van der Waals surface area contributed by atoms with Gasteiger partial charge in [-0.25, -0.2) is 0 Å². The van der Waals surface area contributed by atoms with Crippen molar-refractivity contribution in [3.05, 3.63) is 41.4 Å². The summed E-state index contributed by atoms with van der Waals surface area (Å²) in [6.45, 7) is -0.611. The van der Waals surface area contributed by atoms with Gasteiger partial charge in [-0.05, 0) is 34.7 Å². The van der Waals surface area contributed by atoms with E-state index >= 15 is 0 Å². The van der Waals surface area contributed by atoms with E-state index in [-0.39, 0.29) is 15.6 Å². The Kier molecular flexibility index (Phi) is 4.57. The number of hydrogen-bond acceptors (Lipinski definition) is 3. The molecule has 0 aromatic heterocycles. The van der Waals surface area contributed by atoms with Crippen molar-refractivity contribution in [3.8, 4) is 0 Å². The van der Waals surface area contributed by atoms with Crippen molar-refractivity contribution >= 4 is 45.8 Å². The third-order valence-electron chi connectivity index (χ3n) is 1.70. The largest absolute Gasteiger partial charge is 0.381 e. The molecule has 1 atom stereocenters. The molecule has 7 heteroatoms. The maximum Gasteiger partial charge on any atom is 0.233 e. The average molecular weight is 362 g/mol. The zero-order valence-corrected chi connectivity index (χ0v) is 11.0. The van der Waals surface area contributed by atoms with Crippen LogP contribution in [0, 0.1) is 13.7 Å². The Bertz CT molecular complexity index is 376. The number of benzene rings is 1. The molecule has 0 bridgehead atoms. The van der Waals surface area contributed by atoms with E-state index in [1.807, 2.05) is 22.6 Å². The fraction of sp³-hybridized carbons (Fsp3) is 0.250. The molecule has 15 heavy (non-hydrogen) atoms. The first kappa shape index (κ1) is 13.0. The molecule has 0 saturated heterocycles. The molecule has 0 fully saturated rings. The Morgan fingerprint density at radius 1 is 1.47 bits per heavy atom. The Morgan fingerprint density at radius 3 is 2.33 bits per heavy atom. The molecular weight excluding hydrogens is 356 g/mol. The molecular formula is C8H6Cl2INO3. The molecule has 82 valence electrons. The predicted octanol–water partition coefficient (Wildman–Crippen LogP) is 2.91. The molecule has 0 radical (unpaired) electrons. The first-order chi connectivity index (χ1) is 6.91. The smallest absolute Gasteiger partial charge is 0.233 e. The second-order valence-electron chi connectivity index (χ2n) is 2.81. The summed E-state index contributed by atoms with van der Waals surface area (Å²) in [7, 11) is 0. The highest BCUT2D eigenvalue weighted by Crippen LogP contribution is 2.32. The monoisotopic (exact) mass is 361 g/mol. The maximum absolute atomic E-state index is 10.2. The van der Waals surface area contributed by atoms with Crippen LogP contribution in [0.1, 0.15) is 11.7 Å². The maximum atomic E-state index is 10.2. The SMILES string of the molecule is O=[N+]([O-])CC(O)c1c(Cl)cc(I)cc1Cl. The Labute approximate surface area is 109 Å². The van der Waals surface area contributed by atoms with E-state index in [1.165, 1.54) is 0 Å². The van der Waals surface area contributed by atoms with Crippen molar-refractivity contribution in [3.63, 3.8) is 0 Å². The Hall–Kier alpha value is -0.110. The number of aliphatic hydroxyl groups is 1. The van der Waals surface area contributed by atoms with Crippen LogP contribution in [0.4, 0.5) is 0 Å². The molecule has 1 aromatic rings. The van der Waals surface area contributed by atoms with Crippen LogP contribution in [-0.2, 0) is 0 Å². The Balaban J connectivity index is 3.08. The van der Waals surface area contributed by atoms with E-state index in [1.54, 1.807) is 12.1 Å². The molecule has 0 saturated carbocycles. The second kappa shape index (κ2) is 5.29. The topological polar surface area (TPSA) is 63.4 Å².